The van der Waals surface area contributed by atoms with E-state index >= 15 is 0 Å². The lowest BCUT2D eigenvalue weighted by atomic mass is 9.94. The molecule has 1 aromatic carbocycles. The van der Waals surface area contributed by atoms with E-state index in [1.165, 1.54) is 16.7 Å². The Morgan fingerprint density at radius 1 is 1.22 bits per heavy atom. The second-order valence-corrected chi connectivity index (χ2v) is 7.15. The van der Waals surface area contributed by atoms with Crippen molar-refractivity contribution in [2.45, 2.75) is 20.3 Å². The number of nitrogens with zero attached hydrogens (tertiary/aromatic N) is 3. The summed E-state index contributed by atoms with van der Waals surface area (Å²) in [5.41, 5.74) is 10.2. The summed E-state index contributed by atoms with van der Waals surface area (Å²) in [5.74, 6) is 0. The molecule has 0 aliphatic heterocycles. The maximum absolute atomic E-state index is 4.75. The molecule has 4 nitrogen and oxygen atoms in total. The highest BCUT2D eigenvalue weighted by Crippen LogP contribution is 2.35. The predicted molar refractivity (Wildman–Crippen MR) is 112 cm³/mol. The third-order valence-electron chi connectivity index (χ3n) is 5.16. The molecule has 136 valence electrons. The molecule has 0 unspecified atom stereocenters. The monoisotopic (exact) mass is 356 g/mol. The molecule has 0 atom stereocenters. The number of aromatic nitrogens is 3. The molecule has 0 bridgehead atoms. The Bertz CT molecular complexity index is 1130. The molecule has 27 heavy (non-hydrogen) atoms. The summed E-state index contributed by atoms with van der Waals surface area (Å²) in [6, 6.07) is 8.70. The molecule has 4 rings (SSSR count). The van der Waals surface area contributed by atoms with Gasteiger partial charge in [0, 0.05) is 60.7 Å². The summed E-state index contributed by atoms with van der Waals surface area (Å²) in [4.78, 5) is 4.75. The Balaban J connectivity index is 1.81. The first-order valence-corrected chi connectivity index (χ1v) is 9.16. The Morgan fingerprint density at radius 3 is 2.78 bits per heavy atom. The molecular formula is C23H24N4. The number of nitrogens with one attached hydrogen (secondary N) is 1. The fraction of sp³-hybridized carbons (Fsp3) is 0.217. The first kappa shape index (κ1) is 17.3. The quantitative estimate of drug-likeness (QED) is 0.701. The van der Waals surface area contributed by atoms with Crippen molar-refractivity contribution >= 4 is 22.0 Å². The highest BCUT2D eigenvalue weighted by atomic mass is 15.2. The molecule has 1 N–H and O–H groups in total. The molecule has 0 fully saturated rings. The smallest absolute Gasteiger partial charge is 0.0923 e. The highest BCUT2D eigenvalue weighted by Gasteiger charge is 2.19. The lowest BCUT2D eigenvalue weighted by Gasteiger charge is -2.14. The van der Waals surface area contributed by atoms with Gasteiger partial charge in [-0.1, -0.05) is 18.7 Å². The van der Waals surface area contributed by atoms with Crippen molar-refractivity contribution in [3.05, 3.63) is 83.0 Å². The van der Waals surface area contributed by atoms with Crippen LogP contribution < -0.4 is 5.32 Å². The number of pyridine rings is 1. The molecule has 0 radical (unpaired) electrons. The van der Waals surface area contributed by atoms with Gasteiger partial charge in [-0.05, 0) is 48.8 Å². The van der Waals surface area contributed by atoms with Crippen molar-refractivity contribution in [1.82, 2.24) is 20.1 Å². The fourth-order valence-electron chi connectivity index (χ4n) is 3.83. The van der Waals surface area contributed by atoms with Gasteiger partial charge in [0.2, 0.25) is 0 Å². The van der Waals surface area contributed by atoms with Crippen molar-refractivity contribution in [1.29, 1.82) is 0 Å². The summed E-state index contributed by atoms with van der Waals surface area (Å²) < 4.78 is 1.86. The zero-order chi connectivity index (χ0) is 19.1. The predicted octanol–water partition coefficient (Wildman–Crippen LogP) is 4.48. The minimum absolute atomic E-state index is 0.868. The van der Waals surface area contributed by atoms with Gasteiger partial charge < -0.3 is 5.32 Å². The molecule has 2 aromatic heterocycles. The van der Waals surface area contributed by atoms with E-state index in [0.29, 0.717) is 0 Å². The van der Waals surface area contributed by atoms with Crippen molar-refractivity contribution < 1.29 is 0 Å². The van der Waals surface area contributed by atoms with Crippen LogP contribution in [-0.4, -0.2) is 21.8 Å². The largest absolute Gasteiger partial charge is 0.391 e. The van der Waals surface area contributed by atoms with Gasteiger partial charge in [-0.15, -0.1) is 0 Å². The summed E-state index contributed by atoms with van der Waals surface area (Å²) in [6.45, 7) is 8.27. The van der Waals surface area contributed by atoms with Crippen LogP contribution >= 0.6 is 0 Å². The first-order chi connectivity index (χ1) is 13.0. The fourth-order valence-corrected chi connectivity index (χ4v) is 3.83. The molecular weight excluding hydrogens is 332 g/mol. The SMILES string of the molecule is C=C(C)/C(=C(/C)NC)c1cnc2c(c1)C(c1ccc3nn(C)cc3c1)=CC2. The lowest BCUT2D eigenvalue weighted by Crippen LogP contribution is -2.07. The van der Waals surface area contributed by atoms with Crippen LogP contribution in [-0.2, 0) is 13.5 Å². The minimum Gasteiger partial charge on any atom is -0.391 e. The molecule has 0 saturated carbocycles. The number of benzene rings is 1. The summed E-state index contributed by atoms with van der Waals surface area (Å²) in [5, 5.41) is 8.87. The maximum Gasteiger partial charge on any atom is 0.0923 e. The highest BCUT2D eigenvalue weighted by molar-refractivity contribution is 5.91. The van der Waals surface area contributed by atoms with E-state index in [-0.39, 0.29) is 0 Å². The molecule has 3 aromatic rings. The minimum atomic E-state index is 0.868. The van der Waals surface area contributed by atoms with Crippen LogP contribution in [0.3, 0.4) is 0 Å². The number of hydrogen-bond donors (Lipinski definition) is 1. The summed E-state index contributed by atoms with van der Waals surface area (Å²) in [6.07, 6.45) is 7.16. The molecule has 0 saturated heterocycles. The Hall–Kier alpha value is -3.14. The van der Waals surface area contributed by atoms with Gasteiger partial charge in [0.05, 0.1) is 11.2 Å². The van der Waals surface area contributed by atoms with E-state index in [0.717, 1.165) is 45.4 Å². The zero-order valence-electron chi connectivity index (χ0n) is 16.3. The summed E-state index contributed by atoms with van der Waals surface area (Å²) in [7, 11) is 3.89. The van der Waals surface area contributed by atoms with Crippen molar-refractivity contribution in [2.24, 2.45) is 7.05 Å². The van der Waals surface area contributed by atoms with E-state index in [1.807, 2.05) is 31.9 Å². The van der Waals surface area contributed by atoms with E-state index < -0.39 is 0 Å². The molecule has 4 heteroatoms. The van der Waals surface area contributed by atoms with Gasteiger partial charge in [-0.3, -0.25) is 9.67 Å². The third-order valence-corrected chi connectivity index (χ3v) is 5.16. The van der Waals surface area contributed by atoms with Crippen LogP contribution in [0.2, 0.25) is 0 Å². The number of rotatable bonds is 4. The van der Waals surface area contributed by atoms with E-state index in [9.17, 15) is 0 Å². The Kier molecular flexibility index (Phi) is 4.19. The first-order valence-electron chi connectivity index (χ1n) is 9.16. The average Bonchev–Trinajstić information content (AvgIpc) is 3.22. The van der Waals surface area contributed by atoms with Crippen LogP contribution in [0.1, 0.15) is 36.2 Å². The second-order valence-electron chi connectivity index (χ2n) is 7.15. The van der Waals surface area contributed by atoms with E-state index in [4.69, 9.17) is 4.98 Å². The van der Waals surface area contributed by atoms with Crippen molar-refractivity contribution in [3.8, 4) is 0 Å². The third kappa shape index (κ3) is 2.97. The topological polar surface area (TPSA) is 42.7 Å². The molecule has 2 heterocycles. The molecule has 1 aliphatic rings. The van der Waals surface area contributed by atoms with Crippen LogP contribution in [0.15, 0.2) is 60.6 Å². The van der Waals surface area contributed by atoms with E-state index in [2.05, 4.69) is 60.5 Å². The van der Waals surface area contributed by atoms with E-state index in [1.54, 1.807) is 0 Å². The lowest BCUT2D eigenvalue weighted by molar-refractivity contribution is 0.780. The van der Waals surface area contributed by atoms with Gasteiger partial charge in [0.25, 0.3) is 0 Å². The van der Waals surface area contributed by atoms with Gasteiger partial charge in [-0.25, -0.2) is 0 Å². The van der Waals surface area contributed by atoms with Gasteiger partial charge >= 0.3 is 0 Å². The summed E-state index contributed by atoms with van der Waals surface area (Å²) >= 11 is 0. The number of allylic oxidation sites excluding steroid dienone is 4. The average molecular weight is 356 g/mol. The number of fused-ring (bicyclic) bond motifs is 2. The molecule has 0 amide bonds. The van der Waals surface area contributed by atoms with Crippen LogP contribution in [0.4, 0.5) is 0 Å². The van der Waals surface area contributed by atoms with Gasteiger partial charge in [0.1, 0.15) is 0 Å². The number of hydrogen-bond acceptors (Lipinski definition) is 3. The van der Waals surface area contributed by atoms with Gasteiger partial charge in [-0.2, -0.15) is 5.10 Å². The Morgan fingerprint density at radius 2 is 2.04 bits per heavy atom. The number of aryl methyl sites for hydroxylation is 1. The molecule has 1 aliphatic carbocycles. The van der Waals surface area contributed by atoms with Crippen molar-refractivity contribution in [3.63, 3.8) is 0 Å². The van der Waals surface area contributed by atoms with Crippen LogP contribution in [0.25, 0.3) is 22.0 Å². The van der Waals surface area contributed by atoms with Crippen molar-refractivity contribution in [2.75, 3.05) is 7.05 Å². The molecule has 0 spiro atoms. The Labute approximate surface area is 159 Å². The van der Waals surface area contributed by atoms with Crippen LogP contribution in [0, 0.1) is 0 Å². The van der Waals surface area contributed by atoms with Crippen LogP contribution in [0.5, 0.6) is 0 Å². The standard InChI is InChI=1S/C23H24N4/c1-14(2)23(15(3)24-4)17-11-20-19(7-9-22(20)25-12-17)16-6-8-21-18(10-16)13-27(5)26-21/h6-8,10-13,24H,1,9H2,2-5H3/b23-15+. The zero-order valence-corrected chi connectivity index (χ0v) is 16.3. The second kappa shape index (κ2) is 6.54. The van der Waals surface area contributed by atoms with Gasteiger partial charge in [0.15, 0.2) is 0 Å². The normalized spacial score (nSPS) is 14.0. The maximum atomic E-state index is 4.75.